The molecule has 2 aliphatic rings. The van der Waals surface area contributed by atoms with Gasteiger partial charge in [0.2, 0.25) is 0 Å². The Balaban J connectivity index is 1.48. The van der Waals surface area contributed by atoms with E-state index in [1.807, 2.05) is 16.9 Å². The number of aliphatic hydroxyl groups excluding tert-OH is 1. The zero-order chi connectivity index (χ0) is 15.8. The van der Waals surface area contributed by atoms with Gasteiger partial charge in [-0.25, -0.2) is 9.07 Å². The molecule has 0 amide bonds. The summed E-state index contributed by atoms with van der Waals surface area (Å²) < 4.78 is 15.7. The molecule has 1 atom stereocenters. The van der Waals surface area contributed by atoms with Gasteiger partial charge in [0.25, 0.3) is 0 Å². The second-order valence-electron chi connectivity index (χ2n) is 6.56. The third-order valence-electron chi connectivity index (χ3n) is 5.00. The normalized spacial score (nSPS) is 22.4. The third kappa shape index (κ3) is 2.88. The number of halogens is 1. The number of fused-ring (bicyclic) bond motifs is 1. The third-order valence-corrected chi connectivity index (χ3v) is 5.00. The highest BCUT2D eigenvalue weighted by molar-refractivity contribution is 5.36. The molecule has 0 unspecified atom stereocenters. The van der Waals surface area contributed by atoms with E-state index >= 15 is 0 Å². The molecule has 1 aliphatic carbocycles. The number of aromatic nitrogens is 3. The molecule has 1 N–H and O–H groups in total. The molecular weight excluding hydrogens is 295 g/mol. The number of benzene rings is 1. The molecule has 0 radical (unpaired) electrons. The fraction of sp³-hybridized carbons (Fsp3) is 0.529. The predicted octanol–water partition coefficient (Wildman–Crippen LogP) is 1.91. The van der Waals surface area contributed by atoms with Gasteiger partial charge < -0.3 is 5.11 Å². The molecule has 1 fully saturated rings. The first-order chi connectivity index (χ1) is 11.2. The van der Waals surface area contributed by atoms with Crippen LogP contribution in [0.2, 0.25) is 0 Å². The van der Waals surface area contributed by atoms with Crippen molar-refractivity contribution in [1.82, 2.24) is 19.9 Å². The minimum Gasteiger partial charge on any atom is -0.393 e. The van der Waals surface area contributed by atoms with Gasteiger partial charge in [0.1, 0.15) is 5.82 Å². The fourth-order valence-electron chi connectivity index (χ4n) is 3.71. The Morgan fingerprint density at radius 2 is 2.04 bits per heavy atom. The topological polar surface area (TPSA) is 54.2 Å². The first-order valence-corrected chi connectivity index (χ1v) is 8.29. The lowest BCUT2D eigenvalue weighted by Gasteiger charge is -2.28. The van der Waals surface area contributed by atoms with Crippen molar-refractivity contribution >= 4 is 0 Å². The zero-order valence-corrected chi connectivity index (χ0v) is 13.0. The maximum Gasteiger partial charge on any atom is 0.126 e. The summed E-state index contributed by atoms with van der Waals surface area (Å²) in [6, 6.07) is 5.37. The van der Waals surface area contributed by atoms with Crippen LogP contribution in [0.1, 0.15) is 42.1 Å². The molecule has 0 bridgehead atoms. The standard InChI is InChI=1S/C17H21FN4O/c18-16-3-1-2-15-14(16)4-5-17(15)22-11-12(19-20-22)10-21-8-6-13(23)7-9-21/h1-3,11,13,17,23H,4-10H2/t17-/m1/s1. The van der Waals surface area contributed by atoms with Crippen molar-refractivity contribution in [3.05, 3.63) is 47.0 Å². The van der Waals surface area contributed by atoms with Crippen molar-refractivity contribution in [2.75, 3.05) is 13.1 Å². The van der Waals surface area contributed by atoms with E-state index < -0.39 is 0 Å². The van der Waals surface area contributed by atoms with Crippen molar-refractivity contribution in [3.63, 3.8) is 0 Å². The first-order valence-electron chi connectivity index (χ1n) is 8.29. The lowest BCUT2D eigenvalue weighted by molar-refractivity contribution is 0.0786. The smallest absolute Gasteiger partial charge is 0.126 e. The van der Waals surface area contributed by atoms with Crippen molar-refractivity contribution in [2.45, 2.75) is 44.4 Å². The van der Waals surface area contributed by atoms with Crippen LogP contribution in [0.5, 0.6) is 0 Å². The Morgan fingerprint density at radius 3 is 2.87 bits per heavy atom. The Labute approximate surface area is 134 Å². The van der Waals surface area contributed by atoms with E-state index in [9.17, 15) is 9.50 Å². The molecular formula is C17H21FN4O. The molecule has 23 heavy (non-hydrogen) atoms. The molecule has 1 saturated heterocycles. The van der Waals surface area contributed by atoms with Crippen LogP contribution in [0.15, 0.2) is 24.4 Å². The van der Waals surface area contributed by atoms with Gasteiger partial charge >= 0.3 is 0 Å². The molecule has 0 saturated carbocycles. The van der Waals surface area contributed by atoms with Gasteiger partial charge in [0.15, 0.2) is 0 Å². The lowest BCUT2D eigenvalue weighted by atomic mass is 10.1. The highest BCUT2D eigenvalue weighted by atomic mass is 19.1. The molecule has 1 aromatic heterocycles. The van der Waals surface area contributed by atoms with Crippen molar-refractivity contribution in [3.8, 4) is 0 Å². The average Bonchev–Trinajstić information content (AvgIpc) is 3.17. The Kier molecular flexibility index (Phi) is 3.87. The van der Waals surface area contributed by atoms with E-state index in [0.29, 0.717) is 0 Å². The van der Waals surface area contributed by atoms with Crippen LogP contribution in [0.3, 0.4) is 0 Å². The highest BCUT2D eigenvalue weighted by Gasteiger charge is 2.27. The minimum absolute atomic E-state index is 0.0881. The summed E-state index contributed by atoms with van der Waals surface area (Å²) in [6.45, 7) is 2.55. The fourth-order valence-corrected chi connectivity index (χ4v) is 3.71. The molecule has 4 rings (SSSR count). The molecule has 5 nitrogen and oxygen atoms in total. The zero-order valence-electron chi connectivity index (χ0n) is 13.0. The van der Waals surface area contributed by atoms with Crippen LogP contribution in [0, 0.1) is 5.82 Å². The number of hydrogen-bond acceptors (Lipinski definition) is 4. The lowest BCUT2D eigenvalue weighted by Crippen LogP contribution is -2.35. The summed E-state index contributed by atoms with van der Waals surface area (Å²) in [7, 11) is 0. The molecule has 0 spiro atoms. The number of rotatable bonds is 3. The van der Waals surface area contributed by atoms with Gasteiger partial charge in [-0.2, -0.15) is 0 Å². The largest absolute Gasteiger partial charge is 0.393 e. The van der Waals surface area contributed by atoms with Crippen LogP contribution in [-0.4, -0.2) is 44.2 Å². The summed E-state index contributed by atoms with van der Waals surface area (Å²) in [4.78, 5) is 2.29. The Morgan fingerprint density at radius 1 is 1.22 bits per heavy atom. The highest BCUT2D eigenvalue weighted by Crippen LogP contribution is 2.35. The van der Waals surface area contributed by atoms with Gasteiger partial charge in [-0.3, -0.25) is 4.90 Å². The number of aliphatic hydroxyl groups is 1. The number of hydrogen-bond donors (Lipinski definition) is 1. The molecule has 1 aromatic carbocycles. The van der Waals surface area contributed by atoms with E-state index in [1.165, 1.54) is 6.07 Å². The SMILES string of the molecule is OC1CCN(Cc2cn([C@@H]3CCc4c(F)cccc43)nn2)CC1. The maximum absolute atomic E-state index is 13.9. The number of nitrogens with zero attached hydrogens (tertiary/aromatic N) is 4. The number of piperidine rings is 1. The van der Waals surface area contributed by atoms with Gasteiger partial charge in [-0.05, 0) is 42.9 Å². The minimum atomic E-state index is -0.160. The molecule has 122 valence electrons. The maximum atomic E-state index is 13.9. The second-order valence-corrected chi connectivity index (χ2v) is 6.56. The summed E-state index contributed by atoms with van der Waals surface area (Å²) in [5, 5.41) is 18.1. The first kappa shape index (κ1) is 14.8. The molecule has 2 aromatic rings. The summed E-state index contributed by atoms with van der Waals surface area (Å²) in [5.41, 5.74) is 2.79. The van der Waals surface area contributed by atoms with Crippen LogP contribution in [0.25, 0.3) is 0 Å². The van der Waals surface area contributed by atoms with Crippen LogP contribution in [-0.2, 0) is 13.0 Å². The van der Waals surface area contributed by atoms with E-state index in [2.05, 4.69) is 15.2 Å². The monoisotopic (exact) mass is 316 g/mol. The quantitative estimate of drug-likeness (QED) is 0.940. The second kappa shape index (κ2) is 6.02. The van der Waals surface area contributed by atoms with Crippen molar-refractivity contribution in [2.24, 2.45) is 0 Å². The Bertz CT molecular complexity index is 694. The van der Waals surface area contributed by atoms with E-state index in [0.717, 1.165) is 62.1 Å². The molecule has 1 aliphatic heterocycles. The van der Waals surface area contributed by atoms with Crippen LogP contribution < -0.4 is 0 Å². The summed E-state index contributed by atoms with van der Waals surface area (Å²) >= 11 is 0. The van der Waals surface area contributed by atoms with Crippen molar-refractivity contribution < 1.29 is 9.50 Å². The van der Waals surface area contributed by atoms with Gasteiger partial charge in [0, 0.05) is 19.6 Å². The Hall–Kier alpha value is -1.79. The van der Waals surface area contributed by atoms with E-state index in [-0.39, 0.29) is 18.0 Å². The van der Waals surface area contributed by atoms with E-state index in [4.69, 9.17) is 0 Å². The van der Waals surface area contributed by atoms with Gasteiger partial charge in [-0.15, -0.1) is 5.10 Å². The van der Waals surface area contributed by atoms with Crippen LogP contribution in [0.4, 0.5) is 4.39 Å². The van der Waals surface area contributed by atoms with Crippen molar-refractivity contribution in [1.29, 1.82) is 0 Å². The summed E-state index contributed by atoms with van der Waals surface area (Å²) in [5.74, 6) is -0.114. The van der Waals surface area contributed by atoms with Gasteiger partial charge in [0.05, 0.1) is 24.0 Å². The van der Waals surface area contributed by atoms with E-state index in [1.54, 1.807) is 6.07 Å². The number of likely N-dealkylation sites (tertiary alicyclic amines) is 1. The average molecular weight is 316 g/mol. The van der Waals surface area contributed by atoms with Gasteiger partial charge in [-0.1, -0.05) is 17.3 Å². The van der Waals surface area contributed by atoms with Crippen LogP contribution >= 0.6 is 0 Å². The summed E-state index contributed by atoms with van der Waals surface area (Å²) in [6.07, 6.45) is 5.09. The molecule has 6 heteroatoms. The predicted molar refractivity (Wildman–Crippen MR) is 83.4 cm³/mol. The molecule has 2 heterocycles.